The number of nitriles is 1. The van der Waals surface area contributed by atoms with E-state index in [0.29, 0.717) is 5.69 Å². The van der Waals surface area contributed by atoms with E-state index >= 15 is 0 Å². The van der Waals surface area contributed by atoms with E-state index < -0.39 is 0 Å². The van der Waals surface area contributed by atoms with E-state index in [9.17, 15) is 9.65 Å². The van der Waals surface area contributed by atoms with Crippen molar-refractivity contribution in [3.05, 3.63) is 65.6 Å². The maximum absolute atomic E-state index is 13.1. The summed E-state index contributed by atoms with van der Waals surface area (Å²) in [5, 5.41) is 10.1. The number of halogens is 3. The molecule has 0 amide bonds. The maximum atomic E-state index is 13.1. The van der Waals surface area contributed by atoms with Gasteiger partial charge < -0.3 is 0 Å². The van der Waals surface area contributed by atoms with Crippen molar-refractivity contribution in [1.82, 2.24) is 4.98 Å². The normalized spacial score (nSPS) is 10.9. The van der Waals surface area contributed by atoms with Gasteiger partial charge in [-0.15, -0.1) is 0 Å². The summed E-state index contributed by atoms with van der Waals surface area (Å²) < 4.78 is 13.1. The van der Waals surface area contributed by atoms with E-state index in [1.165, 1.54) is 12.1 Å². The first-order valence-corrected chi connectivity index (χ1v) is 8.30. The molecule has 2 aromatic carbocycles. The van der Waals surface area contributed by atoms with E-state index in [2.05, 4.69) is 42.9 Å². The molecular formula is C17H9Br2FN2. The molecule has 3 rings (SSSR count). The summed E-state index contributed by atoms with van der Waals surface area (Å²) in [4.78, 5) is 4.36. The first-order chi connectivity index (χ1) is 10.6. The van der Waals surface area contributed by atoms with Gasteiger partial charge in [0.25, 0.3) is 0 Å². The van der Waals surface area contributed by atoms with Crippen LogP contribution in [0.5, 0.6) is 0 Å². The standard InChI is InChI=1S/C17H9Br2FN2/c18-17(19)11-3-6-14-15(10-1-4-12(20)5-2-10)8-13(9-21)22-16(14)7-11/h1-8,17H. The summed E-state index contributed by atoms with van der Waals surface area (Å²) in [5.41, 5.74) is 3.81. The largest absolute Gasteiger partial charge is 0.237 e. The van der Waals surface area contributed by atoms with Crippen LogP contribution in [-0.2, 0) is 0 Å². The molecule has 0 unspecified atom stereocenters. The van der Waals surface area contributed by atoms with Crippen molar-refractivity contribution >= 4 is 42.8 Å². The SMILES string of the molecule is N#Cc1cc(-c2ccc(F)cc2)c2ccc(C(Br)Br)cc2n1. The maximum Gasteiger partial charge on any atom is 0.141 e. The fourth-order valence-electron chi connectivity index (χ4n) is 2.31. The molecule has 3 aromatic rings. The van der Waals surface area contributed by atoms with E-state index in [0.717, 1.165) is 27.6 Å². The summed E-state index contributed by atoms with van der Waals surface area (Å²) in [6.07, 6.45) is 0. The van der Waals surface area contributed by atoms with Gasteiger partial charge >= 0.3 is 0 Å². The average Bonchev–Trinajstić information content (AvgIpc) is 2.54. The molecule has 0 atom stereocenters. The predicted octanol–water partition coefficient (Wildman–Crippen LogP) is 5.70. The quantitative estimate of drug-likeness (QED) is 0.499. The summed E-state index contributed by atoms with van der Waals surface area (Å²) in [5.74, 6) is -0.286. The molecule has 0 N–H and O–H groups in total. The molecule has 2 nitrogen and oxygen atoms in total. The molecule has 108 valence electrons. The van der Waals surface area contributed by atoms with Gasteiger partial charge in [0.05, 0.1) is 9.25 Å². The Hall–Kier alpha value is -1.77. The van der Waals surface area contributed by atoms with E-state index in [1.54, 1.807) is 18.2 Å². The summed E-state index contributed by atoms with van der Waals surface area (Å²) >= 11 is 6.91. The minimum absolute atomic E-state index is 0.0196. The zero-order valence-corrected chi connectivity index (χ0v) is 14.4. The highest BCUT2D eigenvalue weighted by Gasteiger charge is 2.11. The van der Waals surface area contributed by atoms with Crippen LogP contribution in [-0.4, -0.2) is 4.98 Å². The van der Waals surface area contributed by atoms with E-state index in [1.807, 2.05) is 18.2 Å². The summed E-state index contributed by atoms with van der Waals surface area (Å²) in [7, 11) is 0. The van der Waals surface area contributed by atoms with Crippen LogP contribution >= 0.6 is 31.9 Å². The molecule has 0 spiro atoms. The first-order valence-electron chi connectivity index (χ1n) is 6.47. The highest BCUT2D eigenvalue weighted by molar-refractivity contribution is 9.24. The summed E-state index contributed by atoms with van der Waals surface area (Å²) in [6.45, 7) is 0. The van der Waals surface area contributed by atoms with Crippen molar-refractivity contribution in [2.24, 2.45) is 0 Å². The Bertz CT molecular complexity index is 884. The number of nitrogens with zero attached hydrogens (tertiary/aromatic N) is 2. The lowest BCUT2D eigenvalue weighted by molar-refractivity contribution is 0.628. The van der Waals surface area contributed by atoms with Crippen molar-refractivity contribution in [2.75, 3.05) is 0 Å². The minimum Gasteiger partial charge on any atom is -0.237 e. The molecule has 0 radical (unpaired) electrons. The van der Waals surface area contributed by atoms with Gasteiger partial charge in [-0.25, -0.2) is 9.37 Å². The van der Waals surface area contributed by atoms with Crippen LogP contribution in [0.3, 0.4) is 0 Å². The Kier molecular flexibility index (Phi) is 4.23. The van der Waals surface area contributed by atoms with Crippen molar-refractivity contribution in [3.63, 3.8) is 0 Å². The molecule has 22 heavy (non-hydrogen) atoms. The number of fused-ring (bicyclic) bond motifs is 1. The van der Waals surface area contributed by atoms with Gasteiger partial charge in [0, 0.05) is 5.39 Å². The highest BCUT2D eigenvalue weighted by Crippen LogP contribution is 2.34. The monoisotopic (exact) mass is 418 g/mol. The Labute approximate surface area is 143 Å². The lowest BCUT2D eigenvalue weighted by atomic mass is 9.99. The van der Waals surface area contributed by atoms with Crippen molar-refractivity contribution in [1.29, 1.82) is 5.26 Å². The Morgan fingerprint density at radius 3 is 2.41 bits per heavy atom. The minimum atomic E-state index is -0.286. The fourth-order valence-corrected chi connectivity index (χ4v) is 2.88. The third kappa shape index (κ3) is 2.90. The van der Waals surface area contributed by atoms with Crippen LogP contribution in [0.15, 0.2) is 48.5 Å². The Balaban J connectivity index is 2.29. The lowest BCUT2D eigenvalue weighted by Crippen LogP contribution is -1.91. The second kappa shape index (κ2) is 6.15. The van der Waals surface area contributed by atoms with Gasteiger partial charge in [0.2, 0.25) is 0 Å². The van der Waals surface area contributed by atoms with Crippen LogP contribution in [0, 0.1) is 17.1 Å². The first kappa shape index (κ1) is 15.1. The number of hydrogen-bond acceptors (Lipinski definition) is 2. The average molecular weight is 420 g/mol. The second-order valence-corrected chi connectivity index (χ2v) is 7.81. The zero-order chi connectivity index (χ0) is 15.7. The van der Waals surface area contributed by atoms with Gasteiger partial charge in [-0.2, -0.15) is 5.26 Å². The van der Waals surface area contributed by atoms with Crippen LogP contribution in [0.1, 0.15) is 15.0 Å². The molecule has 1 aromatic heterocycles. The highest BCUT2D eigenvalue weighted by atomic mass is 79.9. The molecule has 0 aliphatic carbocycles. The fraction of sp³-hybridized carbons (Fsp3) is 0.0588. The van der Waals surface area contributed by atoms with Crippen LogP contribution < -0.4 is 0 Å². The molecule has 1 heterocycles. The smallest absolute Gasteiger partial charge is 0.141 e. The zero-order valence-electron chi connectivity index (χ0n) is 11.2. The molecular weight excluding hydrogens is 411 g/mol. The summed E-state index contributed by atoms with van der Waals surface area (Å²) in [6, 6.07) is 15.9. The molecule has 0 aliphatic heterocycles. The van der Waals surface area contributed by atoms with Crippen LogP contribution in [0.4, 0.5) is 4.39 Å². The molecule has 0 saturated heterocycles. The van der Waals surface area contributed by atoms with Gasteiger partial charge in [0.1, 0.15) is 17.6 Å². The topological polar surface area (TPSA) is 36.7 Å². The van der Waals surface area contributed by atoms with Gasteiger partial charge in [-0.1, -0.05) is 56.1 Å². The number of aromatic nitrogens is 1. The molecule has 0 fully saturated rings. The predicted molar refractivity (Wildman–Crippen MR) is 92.4 cm³/mol. The second-order valence-electron chi connectivity index (χ2n) is 4.75. The van der Waals surface area contributed by atoms with Crippen molar-refractivity contribution in [3.8, 4) is 17.2 Å². The third-order valence-electron chi connectivity index (χ3n) is 3.36. The van der Waals surface area contributed by atoms with Crippen molar-refractivity contribution < 1.29 is 4.39 Å². The van der Waals surface area contributed by atoms with Gasteiger partial charge in [-0.3, -0.25) is 0 Å². The lowest BCUT2D eigenvalue weighted by Gasteiger charge is -2.10. The van der Waals surface area contributed by atoms with Crippen LogP contribution in [0.2, 0.25) is 0 Å². The number of hydrogen-bond donors (Lipinski definition) is 0. The van der Waals surface area contributed by atoms with Gasteiger partial charge in [0.15, 0.2) is 0 Å². The molecule has 5 heteroatoms. The Morgan fingerprint density at radius 2 is 1.77 bits per heavy atom. The van der Waals surface area contributed by atoms with Crippen molar-refractivity contribution in [2.45, 2.75) is 3.74 Å². The molecule has 0 bridgehead atoms. The molecule has 0 saturated carbocycles. The number of rotatable bonds is 2. The number of benzene rings is 2. The number of alkyl halides is 2. The van der Waals surface area contributed by atoms with Gasteiger partial charge in [-0.05, 0) is 41.0 Å². The third-order valence-corrected chi connectivity index (χ3v) is 4.41. The van der Waals surface area contributed by atoms with E-state index in [4.69, 9.17) is 0 Å². The Morgan fingerprint density at radius 1 is 1.05 bits per heavy atom. The van der Waals surface area contributed by atoms with Crippen LogP contribution in [0.25, 0.3) is 22.0 Å². The van der Waals surface area contributed by atoms with E-state index in [-0.39, 0.29) is 9.55 Å². The number of pyridine rings is 1. The molecule has 0 aliphatic rings.